The van der Waals surface area contributed by atoms with Gasteiger partial charge in [-0.05, 0) is 13.0 Å². The zero-order valence-electron chi connectivity index (χ0n) is 9.50. The van der Waals surface area contributed by atoms with E-state index in [2.05, 4.69) is 15.2 Å². The molecule has 7 N–H and O–H groups in total. The fourth-order valence-electron chi connectivity index (χ4n) is 0.767. The third-order valence-corrected chi connectivity index (χ3v) is 1.39. The van der Waals surface area contributed by atoms with Gasteiger partial charge in [0.2, 0.25) is 5.96 Å². The Kier molecular flexibility index (Phi) is 6.76. The Morgan fingerprint density at radius 3 is 2.28 bits per heavy atom. The van der Waals surface area contributed by atoms with E-state index >= 15 is 0 Å². The average molecular weight is 275 g/mol. The number of guanidine groups is 1. The first kappa shape index (κ1) is 16.2. The Labute approximate surface area is 103 Å². The zero-order valence-corrected chi connectivity index (χ0v) is 10.4. The second kappa shape index (κ2) is 7.51. The van der Waals surface area contributed by atoms with Crippen LogP contribution >= 0.6 is 7.82 Å². The van der Waals surface area contributed by atoms with Crippen molar-refractivity contribution in [3.8, 4) is 0 Å². The molecule has 0 atom stereocenters. The largest absolute Gasteiger partial charge is 0.466 e. The van der Waals surface area contributed by atoms with Gasteiger partial charge in [-0.25, -0.2) is 4.57 Å². The van der Waals surface area contributed by atoms with Crippen LogP contribution in [0.25, 0.3) is 0 Å². The van der Waals surface area contributed by atoms with Crippen LogP contribution in [-0.2, 0) is 4.57 Å². The van der Waals surface area contributed by atoms with Gasteiger partial charge >= 0.3 is 7.82 Å². The van der Waals surface area contributed by atoms with Gasteiger partial charge in [0.25, 0.3) is 0 Å². The van der Waals surface area contributed by atoms with Crippen molar-refractivity contribution in [3.63, 3.8) is 0 Å². The summed E-state index contributed by atoms with van der Waals surface area (Å²) >= 11 is 0. The minimum atomic E-state index is -4.64. The summed E-state index contributed by atoms with van der Waals surface area (Å²) in [6.07, 6.45) is 3.39. The minimum absolute atomic E-state index is 0.0526. The molecule has 0 aromatic carbocycles. The highest BCUT2D eigenvalue weighted by molar-refractivity contribution is 7.45. The summed E-state index contributed by atoms with van der Waals surface area (Å²) in [5.41, 5.74) is 11.9. The van der Waals surface area contributed by atoms with Crippen LogP contribution in [0.15, 0.2) is 34.7 Å². The van der Waals surface area contributed by atoms with Crippen molar-refractivity contribution in [2.24, 2.45) is 21.7 Å². The van der Waals surface area contributed by atoms with Gasteiger partial charge in [-0.2, -0.15) is 5.10 Å². The first-order valence-electron chi connectivity index (χ1n) is 4.52. The van der Waals surface area contributed by atoms with E-state index in [9.17, 15) is 0 Å². The molecule has 1 rings (SSSR count). The molecule has 10 heteroatoms. The Hall–Kier alpha value is -1.80. The van der Waals surface area contributed by atoms with E-state index in [1.54, 1.807) is 12.4 Å². The maximum Gasteiger partial charge on any atom is 0.466 e. The van der Waals surface area contributed by atoms with Crippen LogP contribution in [0.1, 0.15) is 12.5 Å². The number of nitrogens with zero attached hydrogens (tertiary/aromatic N) is 3. The first-order chi connectivity index (χ1) is 8.20. The van der Waals surface area contributed by atoms with Crippen LogP contribution in [0.4, 0.5) is 0 Å². The number of rotatable bonds is 2. The first-order valence-corrected chi connectivity index (χ1v) is 6.08. The van der Waals surface area contributed by atoms with Crippen molar-refractivity contribution in [2.45, 2.75) is 6.92 Å². The summed E-state index contributed by atoms with van der Waals surface area (Å²) in [4.78, 5) is 25.5. The second-order valence-corrected chi connectivity index (χ2v) is 3.99. The normalized spacial score (nSPS) is 11.2. The molecule has 0 amide bonds. The van der Waals surface area contributed by atoms with Crippen LogP contribution in [0.3, 0.4) is 0 Å². The van der Waals surface area contributed by atoms with E-state index in [1.807, 2.05) is 19.1 Å². The highest BCUT2D eigenvalue weighted by Gasteiger charge is 2.00. The lowest BCUT2D eigenvalue weighted by Crippen LogP contribution is -2.22. The van der Waals surface area contributed by atoms with Gasteiger partial charge in [-0.15, -0.1) is 5.10 Å². The number of nitrogens with two attached hydrogens (primary N) is 2. The summed E-state index contributed by atoms with van der Waals surface area (Å²) < 4.78 is 8.88. The summed E-state index contributed by atoms with van der Waals surface area (Å²) in [6, 6.07) is 3.71. The summed E-state index contributed by atoms with van der Waals surface area (Å²) in [5.74, 6) is -0.0526. The van der Waals surface area contributed by atoms with E-state index in [0.29, 0.717) is 0 Å². The molecule has 0 saturated heterocycles. The quantitative estimate of drug-likeness (QED) is 0.203. The molecule has 0 radical (unpaired) electrons. The predicted molar refractivity (Wildman–Crippen MR) is 66.5 cm³/mol. The molecular formula is C8H14N5O4P. The molecule has 0 spiro atoms. The SMILES string of the molecule is C/C(=N/N=C(N)N)c1cccnc1.O=P(O)(O)O. The maximum atomic E-state index is 8.88. The monoisotopic (exact) mass is 275 g/mol. The van der Waals surface area contributed by atoms with Gasteiger partial charge in [0, 0.05) is 18.0 Å². The number of hydrogen-bond acceptors (Lipinski definition) is 4. The van der Waals surface area contributed by atoms with Crippen molar-refractivity contribution in [1.29, 1.82) is 0 Å². The maximum absolute atomic E-state index is 8.88. The smallest absolute Gasteiger partial charge is 0.369 e. The third kappa shape index (κ3) is 10.7. The van der Waals surface area contributed by atoms with E-state index in [-0.39, 0.29) is 5.96 Å². The van der Waals surface area contributed by atoms with Gasteiger partial charge in [0.1, 0.15) is 0 Å². The van der Waals surface area contributed by atoms with E-state index in [0.717, 1.165) is 11.3 Å². The van der Waals surface area contributed by atoms with Crippen LogP contribution in [0, 0.1) is 0 Å². The van der Waals surface area contributed by atoms with Crippen molar-refractivity contribution in [2.75, 3.05) is 0 Å². The Morgan fingerprint density at radius 2 is 1.89 bits per heavy atom. The van der Waals surface area contributed by atoms with Crippen LogP contribution < -0.4 is 11.5 Å². The molecule has 1 aromatic heterocycles. The van der Waals surface area contributed by atoms with Crippen LogP contribution in [-0.4, -0.2) is 31.3 Å². The Bertz CT molecular complexity index is 457. The molecule has 0 bridgehead atoms. The number of aromatic nitrogens is 1. The minimum Gasteiger partial charge on any atom is -0.369 e. The number of hydrogen-bond donors (Lipinski definition) is 5. The van der Waals surface area contributed by atoms with Gasteiger partial charge in [-0.1, -0.05) is 6.07 Å². The lowest BCUT2D eigenvalue weighted by atomic mass is 10.2. The molecular weight excluding hydrogens is 261 g/mol. The van der Waals surface area contributed by atoms with Gasteiger partial charge in [0.05, 0.1) is 5.71 Å². The third-order valence-electron chi connectivity index (χ3n) is 1.39. The fraction of sp³-hybridized carbons (Fsp3) is 0.125. The summed E-state index contributed by atoms with van der Waals surface area (Å²) in [6.45, 7) is 1.81. The second-order valence-electron chi connectivity index (χ2n) is 2.97. The van der Waals surface area contributed by atoms with E-state index < -0.39 is 7.82 Å². The van der Waals surface area contributed by atoms with Gasteiger partial charge < -0.3 is 26.1 Å². The number of phosphoric acid groups is 1. The molecule has 0 saturated carbocycles. The van der Waals surface area contributed by atoms with Crippen molar-refractivity contribution >= 4 is 19.5 Å². The molecule has 0 unspecified atom stereocenters. The molecule has 1 aromatic rings. The van der Waals surface area contributed by atoms with Crippen molar-refractivity contribution in [1.82, 2.24) is 4.98 Å². The zero-order chi connectivity index (χ0) is 14.2. The Morgan fingerprint density at radius 1 is 1.33 bits per heavy atom. The van der Waals surface area contributed by atoms with Crippen LogP contribution in [0.5, 0.6) is 0 Å². The fourth-order valence-corrected chi connectivity index (χ4v) is 0.767. The van der Waals surface area contributed by atoms with Gasteiger partial charge in [-0.3, -0.25) is 4.98 Å². The summed E-state index contributed by atoms with van der Waals surface area (Å²) in [7, 11) is -4.64. The Balaban J connectivity index is 0.000000494. The molecule has 18 heavy (non-hydrogen) atoms. The molecule has 1 heterocycles. The molecule has 0 aliphatic rings. The standard InChI is InChI=1S/C8H11N5.H3O4P/c1-6(12-13-8(9)10)7-3-2-4-11-5-7;1-5(2,3)4/h2-5H,1H3,(H4,9,10,13);(H3,1,2,3,4)/b12-6-;. The molecule has 100 valence electrons. The highest BCUT2D eigenvalue weighted by atomic mass is 31.2. The topological polar surface area (TPSA) is 167 Å². The molecule has 0 fully saturated rings. The lowest BCUT2D eigenvalue weighted by Gasteiger charge is -1.95. The molecule has 9 nitrogen and oxygen atoms in total. The van der Waals surface area contributed by atoms with Gasteiger partial charge in [0.15, 0.2) is 0 Å². The van der Waals surface area contributed by atoms with Crippen molar-refractivity contribution in [3.05, 3.63) is 30.1 Å². The molecule has 0 aliphatic heterocycles. The predicted octanol–water partition coefficient (Wildman–Crippen LogP) is -0.850. The molecule has 0 aliphatic carbocycles. The van der Waals surface area contributed by atoms with Crippen molar-refractivity contribution < 1.29 is 19.2 Å². The van der Waals surface area contributed by atoms with E-state index in [4.69, 9.17) is 30.7 Å². The van der Waals surface area contributed by atoms with Crippen LogP contribution in [0.2, 0.25) is 0 Å². The summed E-state index contributed by atoms with van der Waals surface area (Å²) in [5, 5.41) is 7.34. The highest BCUT2D eigenvalue weighted by Crippen LogP contribution is 2.25. The van der Waals surface area contributed by atoms with E-state index in [1.165, 1.54) is 0 Å². The number of pyridine rings is 1. The average Bonchev–Trinajstić information content (AvgIpc) is 2.25. The lowest BCUT2D eigenvalue weighted by molar-refractivity contribution is 0.275.